The van der Waals surface area contributed by atoms with Crippen molar-refractivity contribution in [3.8, 4) is 0 Å². The summed E-state index contributed by atoms with van der Waals surface area (Å²) >= 11 is 0. The molecule has 1 amide bonds. The van der Waals surface area contributed by atoms with Crippen molar-refractivity contribution in [2.75, 3.05) is 25.1 Å². The van der Waals surface area contributed by atoms with Gasteiger partial charge in [0.05, 0.1) is 11.3 Å². The third kappa shape index (κ3) is 2.84. The average molecular weight is 298 g/mol. The van der Waals surface area contributed by atoms with Crippen LogP contribution in [0.4, 0.5) is 5.69 Å². The van der Waals surface area contributed by atoms with E-state index in [1.54, 1.807) is 20.0 Å². The molecule has 6 nitrogen and oxygen atoms in total. The highest BCUT2D eigenvalue weighted by Crippen LogP contribution is 2.29. The minimum atomic E-state index is -3.61. The van der Waals surface area contributed by atoms with Crippen molar-refractivity contribution >= 4 is 21.6 Å². The molecule has 0 spiro atoms. The number of hydrogen-bond acceptors (Lipinski definition) is 4. The number of aliphatic hydroxyl groups excluding tert-OH is 1. The lowest BCUT2D eigenvalue weighted by molar-refractivity contribution is -0.117. The van der Waals surface area contributed by atoms with Gasteiger partial charge < -0.3 is 10.0 Å². The van der Waals surface area contributed by atoms with Gasteiger partial charge in [0.1, 0.15) is 0 Å². The van der Waals surface area contributed by atoms with Gasteiger partial charge in [0.2, 0.25) is 15.9 Å². The van der Waals surface area contributed by atoms with Gasteiger partial charge in [-0.2, -0.15) is 0 Å². The fourth-order valence-electron chi connectivity index (χ4n) is 2.01. The summed E-state index contributed by atoms with van der Waals surface area (Å²) in [4.78, 5) is 13.2. The highest BCUT2D eigenvalue weighted by molar-refractivity contribution is 7.89. The molecule has 0 fully saturated rings. The summed E-state index contributed by atoms with van der Waals surface area (Å²) in [6.45, 7) is 1.85. The fourth-order valence-corrected chi connectivity index (χ4v) is 3.23. The van der Waals surface area contributed by atoms with E-state index in [9.17, 15) is 13.2 Å². The predicted octanol–water partition coefficient (Wildman–Crippen LogP) is 0.112. The summed E-state index contributed by atoms with van der Waals surface area (Å²) in [5, 5.41) is 8.91. The molecule has 1 aliphatic heterocycles. The van der Waals surface area contributed by atoms with Crippen LogP contribution in [-0.2, 0) is 21.2 Å². The molecule has 0 saturated carbocycles. The molecule has 0 aromatic heterocycles. The minimum Gasteiger partial charge on any atom is -0.396 e. The van der Waals surface area contributed by atoms with Gasteiger partial charge in [-0.3, -0.25) is 4.79 Å². The summed E-state index contributed by atoms with van der Waals surface area (Å²) in [5.41, 5.74) is 1.47. The Morgan fingerprint density at radius 3 is 2.80 bits per heavy atom. The van der Waals surface area contributed by atoms with Crippen LogP contribution in [0, 0.1) is 5.92 Å². The Morgan fingerprint density at radius 1 is 1.45 bits per heavy atom. The standard InChI is InChI=1S/C13H18N2O4S/c1-9(8-16)7-14-20(18,19)11-3-4-12-10(5-11)6-13(17)15(12)2/h3-5,9,14,16H,6-8H2,1-2H3. The highest BCUT2D eigenvalue weighted by Gasteiger charge is 2.26. The SMILES string of the molecule is CC(CO)CNS(=O)(=O)c1ccc2c(c1)CC(=O)N2C. The zero-order chi connectivity index (χ0) is 14.9. The number of carbonyl (C=O) groups excluding carboxylic acids is 1. The first kappa shape index (κ1) is 15.0. The second-order valence-corrected chi connectivity index (χ2v) is 6.83. The maximum atomic E-state index is 12.1. The Bertz CT molecular complexity index is 627. The summed E-state index contributed by atoms with van der Waals surface area (Å²) in [6, 6.07) is 4.66. The number of nitrogens with one attached hydrogen (secondary N) is 1. The van der Waals surface area contributed by atoms with Crippen LogP contribution in [0.25, 0.3) is 0 Å². The van der Waals surface area contributed by atoms with E-state index < -0.39 is 10.0 Å². The average Bonchev–Trinajstić information content (AvgIpc) is 2.71. The smallest absolute Gasteiger partial charge is 0.240 e. The normalized spacial score (nSPS) is 16.4. The molecule has 2 rings (SSSR count). The van der Waals surface area contributed by atoms with E-state index in [0.29, 0.717) is 0 Å². The van der Waals surface area contributed by atoms with Crippen LogP contribution in [-0.4, -0.2) is 39.6 Å². The lowest BCUT2D eigenvalue weighted by atomic mass is 10.2. The molecule has 20 heavy (non-hydrogen) atoms. The monoisotopic (exact) mass is 298 g/mol. The molecule has 0 aliphatic carbocycles. The van der Waals surface area contributed by atoms with Crippen molar-refractivity contribution < 1.29 is 18.3 Å². The number of aliphatic hydroxyl groups is 1. The van der Waals surface area contributed by atoms with E-state index in [1.807, 2.05) is 0 Å². The number of carbonyl (C=O) groups is 1. The molecule has 1 aromatic carbocycles. The lowest BCUT2D eigenvalue weighted by Crippen LogP contribution is -2.29. The number of fused-ring (bicyclic) bond motifs is 1. The Kier molecular flexibility index (Phi) is 4.12. The Hall–Kier alpha value is -1.44. The zero-order valence-electron chi connectivity index (χ0n) is 11.5. The number of amides is 1. The first-order valence-corrected chi connectivity index (χ1v) is 7.83. The van der Waals surface area contributed by atoms with Gasteiger partial charge in [0, 0.05) is 25.9 Å². The second-order valence-electron chi connectivity index (χ2n) is 5.06. The molecule has 0 bridgehead atoms. The summed E-state index contributed by atoms with van der Waals surface area (Å²) in [5.74, 6) is -0.191. The van der Waals surface area contributed by atoms with Gasteiger partial charge in [-0.1, -0.05) is 6.92 Å². The number of benzene rings is 1. The molecule has 1 heterocycles. The molecule has 0 saturated heterocycles. The molecule has 2 N–H and O–H groups in total. The van der Waals surface area contributed by atoms with E-state index in [-0.39, 0.29) is 36.3 Å². The van der Waals surface area contributed by atoms with Gasteiger partial charge in [-0.25, -0.2) is 13.1 Å². The first-order chi connectivity index (χ1) is 9.35. The molecule has 110 valence electrons. The predicted molar refractivity (Wildman–Crippen MR) is 75.0 cm³/mol. The summed E-state index contributed by atoms with van der Waals surface area (Å²) in [6.07, 6.45) is 0.224. The molecule has 1 aliphatic rings. The largest absolute Gasteiger partial charge is 0.396 e. The van der Waals surface area contributed by atoms with Crippen LogP contribution in [0.2, 0.25) is 0 Å². The van der Waals surface area contributed by atoms with E-state index in [0.717, 1.165) is 11.3 Å². The van der Waals surface area contributed by atoms with Crippen LogP contribution in [0.1, 0.15) is 12.5 Å². The number of nitrogens with zero attached hydrogens (tertiary/aromatic N) is 1. The number of sulfonamides is 1. The van der Waals surface area contributed by atoms with Crippen LogP contribution in [0.15, 0.2) is 23.1 Å². The van der Waals surface area contributed by atoms with Crippen molar-refractivity contribution in [1.82, 2.24) is 4.72 Å². The Labute approximate surface area is 118 Å². The van der Waals surface area contributed by atoms with E-state index in [1.165, 1.54) is 17.0 Å². The van der Waals surface area contributed by atoms with Gasteiger partial charge in [0.25, 0.3) is 0 Å². The topological polar surface area (TPSA) is 86.7 Å². The Balaban J connectivity index is 2.22. The second kappa shape index (κ2) is 5.51. The van der Waals surface area contributed by atoms with E-state index >= 15 is 0 Å². The van der Waals surface area contributed by atoms with Gasteiger partial charge >= 0.3 is 0 Å². The van der Waals surface area contributed by atoms with Gasteiger partial charge in [-0.05, 0) is 29.7 Å². The zero-order valence-corrected chi connectivity index (χ0v) is 12.3. The first-order valence-electron chi connectivity index (χ1n) is 6.35. The minimum absolute atomic E-state index is 0.0450. The van der Waals surface area contributed by atoms with Crippen molar-refractivity contribution in [2.24, 2.45) is 5.92 Å². The van der Waals surface area contributed by atoms with Crippen molar-refractivity contribution in [2.45, 2.75) is 18.2 Å². The highest BCUT2D eigenvalue weighted by atomic mass is 32.2. The van der Waals surface area contributed by atoms with Crippen molar-refractivity contribution in [1.29, 1.82) is 0 Å². The number of hydrogen-bond donors (Lipinski definition) is 2. The van der Waals surface area contributed by atoms with E-state index in [4.69, 9.17) is 5.11 Å². The molecular formula is C13H18N2O4S. The fraction of sp³-hybridized carbons (Fsp3) is 0.462. The summed E-state index contributed by atoms with van der Waals surface area (Å²) in [7, 11) is -1.94. The van der Waals surface area contributed by atoms with Crippen LogP contribution in [0.5, 0.6) is 0 Å². The number of anilines is 1. The molecule has 1 aromatic rings. The molecule has 0 radical (unpaired) electrons. The third-order valence-electron chi connectivity index (χ3n) is 3.37. The van der Waals surface area contributed by atoms with Gasteiger partial charge in [-0.15, -0.1) is 0 Å². The van der Waals surface area contributed by atoms with E-state index in [2.05, 4.69) is 4.72 Å². The lowest BCUT2D eigenvalue weighted by Gasteiger charge is -2.12. The third-order valence-corrected chi connectivity index (χ3v) is 4.79. The quantitative estimate of drug-likeness (QED) is 0.808. The van der Waals surface area contributed by atoms with Gasteiger partial charge in [0.15, 0.2) is 0 Å². The molecular weight excluding hydrogens is 280 g/mol. The maximum absolute atomic E-state index is 12.1. The summed E-state index contributed by atoms with van der Waals surface area (Å²) < 4.78 is 26.7. The number of rotatable bonds is 5. The maximum Gasteiger partial charge on any atom is 0.240 e. The van der Waals surface area contributed by atoms with Crippen LogP contribution in [0.3, 0.4) is 0 Å². The van der Waals surface area contributed by atoms with Crippen LogP contribution >= 0.6 is 0 Å². The van der Waals surface area contributed by atoms with Crippen LogP contribution < -0.4 is 9.62 Å². The Morgan fingerprint density at radius 2 is 2.15 bits per heavy atom. The van der Waals surface area contributed by atoms with Crippen molar-refractivity contribution in [3.63, 3.8) is 0 Å². The number of likely N-dealkylation sites (N-methyl/N-ethyl adjacent to an activating group) is 1. The molecule has 7 heteroatoms. The van der Waals surface area contributed by atoms with Crippen molar-refractivity contribution in [3.05, 3.63) is 23.8 Å². The molecule has 1 unspecified atom stereocenters. The molecule has 1 atom stereocenters.